The normalized spacial score (nSPS) is 12.4. The molecule has 0 saturated heterocycles. The summed E-state index contributed by atoms with van der Waals surface area (Å²) in [4.78, 5) is 12.2. The number of sulfonamides is 1. The highest BCUT2D eigenvalue weighted by molar-refractivity contribution is 7.89. The van der Waals surface area contributed by atoms with Crippen LogP contribution in [0.15, 0.2) is 53.4 Å². The maximum atomic E-state index is 12.3. The van der Waals surface area contributed by atoms with E-state index in [0.29, 0.717) is 17.4 Å². The van der Waals surface area contributed by atoms with Gasteiger partial charge in [0.2, 0.25) is 15.9 Å². The van der Waals surface area contributed by atoms with E-state index < -0.39 is 10.0 Å². The summed E-state index contributed by atoms with van der Waals surface area (Å²) in [5, 5.41) is 3.38. The average Bonchev–Trinajstić information content (AvgIpc) is 2.62. The van der Waals surface area contributed by atoms with Gasteiger partial charge in [0.05, 0.1) is 17.5 Å². The van der Waals surface area contributed by atoms with E-state index in [2.05, 4.69) is 10.0 Å². The number of amides is 1. The Kier molecular flexibility index (Phi) is 7.65. The van der Waals surface area contributed by atoms with Crippen LogP contribution in [-0.2, 0) is 14.8 Å². The minimum atomic E-state index is -3.68. The molecule has 2 rings (SSSR count). The maximum Gasteiger partial charge on any atom is 0.240 e. The van der Waals surface area contributed by atoms with Crippen molar-refractivity contribution in [3.8, 4) is 5.75 Å². The van der Waals surface area contributed by atoms with Gasteiger partial charge < -0.3 is 10.1 Å². The van der Waals surface area contributed by atoms with E-state index in [-0.39, 0.29) is 29.8 Å². The van der Waals surface area contributed by atoms with Gasteiger partial charge in [0.25, 0.3) is 0 Å². The molecule has 1 atom stereocenters. The smallest absolute Gasteiger partial charge is 0.240 e. The zero-order chi connectivity index (χ0) is 19.9. The van der Waals surface area contributed by atoms with Crippen molar-refractivity contribution in [3.05, 3.63) is 59.1 Å². The van der Waals surface area contributed by atoms with Crippen LogP contribution in [0.3, 0.4) is 0 Å². The summed E-state index contributed by atoms with van der Waals surface area (Å²) < 4.78 is 32.3. The first-order valence-electron chi connectivity index (χ1n) is 8.60. The molecule has 0 spiro atoms. The van der Waals surface area contributed by atoms with Crippen molar-refractivity contribution in [2.24, 2.45) is 0 Å². The first-order chi connectivity index (χ1) is 12.8. The Bertz CT molecular complexity index is 870. The van der Waals surface area contributed by atoms with Crippen molar-refractivity contribution in [3.63, 3.8) is 0 Å². The predicted molar refractivity (Wildman–Crippen MR) is 105 cm³/mol. The molecule has 0 fully saturated rings. The number of halogens is 1. The minimum absolute atomic E-state index is 0.00335. The molecule has 6 nitrogen and oxygen atoms in total. The van der Waals surface area contributed by atoms with Gasteiger partial charge in [-0.2, -0.15) is 0 Å². The molecule has 0 aliphatic heterocycles. The molecule has 0 aliphatic rings. The zero-order valence-corrected chi connectivity index (χ0v) is 16.8. The lowest BCUT2D eigenvalue weighted by Crippen LogP contribution is -2.32. The van der Waals surface area contributed by atoms with Gasteiger partial charge in [0.1, 0.15) is 5.75 Å². The zero-order valence-electron chi connectivity index (χ0n) is 15.2. The Labute approximate surface area is 164 Å². The molecule has 0 heterocycles. The maximum absolute atomic E-state index is 12.3. The standard InChI is InChI=1S/C19H23ClN2O4S/c1-3-26-15-8-10-16(11-9-15)27(24,25)21-13-12-19(23)22-14(2)17-6-4-5-7-18(17)20/h4-11,14,21H,3,12-13H2,1-2H3,(H,22,23). The van der Waals surface area contributed by atoms with Crippen LogP contribution in [0.2, 0.25) is 5.02 Å². The number of carbonyl (C=O) groups excluding carboxylic acids is 1. The molecule has 1 amide bonds. The number of ether oxygens (including phenoxy) is 1. The van der Waals surface area contributed by atoms with E-state index in [9.17, 15) is 13.2 Å². The lowest BCUT2D eigenvalue weighted by molar-refractivity contribution is -0.121. The molecule has 1 unspecified atom stereocenters. The fraction of sp³-hybridized carbons (Fsp3) is 0.316. The molecule has 0 saturated carbocycles. The Morgan fingerprint density at radius 3 is 2.44 bits per heavy atom. The lowest BCUT2D eigenvalue weighted by Gasteiger charge is -2.16. The van der Waals surface area contributed by atoms with E-state index in [1.54, 1.807) is 18.2 Å². The SMILES string of the molecule is CCOc1ccc(S(=O)(=O)NCCC(=O)NC(C)c2ccccc2Cl)cc1. The summed E-state index contributed by atoms with van der Waals surface area (Å²) in [5.74, 6) is 0.334. The van der Waals surface area contributed by atoms with Crippen molar-refractivity contribution in [2.45, 2.75) is 31.2 Å². The van der Waals surface area contributed by atoms with E-state index in [1.807, 2.05) is 32.0 Å². The molecule has 0 aliphatic carbocycles. The third kappa shape index (κ3) is 6.23. The summed E-state index contributed by atoms with van der Waals surface area (Å²) in [6.45, 7) is 4.18. The largest absolute Gasteiger partial charge is 0.494 e. The molecule has 2 aromatic carbocycles. The molecule has 0 bridgehead atoms. The summed E-state index contributed by atoms with van der Waals surface area (Å²) in [6.07, 6.45) is 0.0189. The third-order valence-corrected chi connectivity index (χ3v) is 5.66. The first-order valence-corrected chi connectivity index (χ1v) is 10.5. The number of rotatable bonds is 9. The van der Waals surface area contributed by atoms with Gasteiger partial charge in [-0.1, -0.05) is 29.8 Å². The Morgan fingerprint density at radius 1 is 1.15 bits per heavy atom. The number of carbonyl (C=O) groups is 1. The first kappa shape index (κ1) is 21.2. The van der Waals surface area contributed by atoms with E-state index >= 15 is 0 Å². The van der Waals surface area contributed by atoms with Gasteiger partial charge in [-0.05, 0) is 49.7 Å². The molecule has 0 radical (unpaired) electrons. The van der Waals surface area contributed by atoms with E-state index in [4.69, 9.17) is 16.3 Å². The second-order valence-corrected chi connectivity index (χ2v) is 8.04. The second-order valence-electron chi connectivity index (χ2n) is 5.86. The molecule has 27 heavy (non-hydrogen) atoms. The Hall–Kier alpha value is -2.09. The van der Waals surface area contributed by atoms with Crippen LogP contribution in [0.1, 0.15) is 31.9 Å². The number of hydrogen-bond donors (Lipinski definition) is 2. The Morgan fingerprint density at radius 2 is 1.81 bits per heavy atom. The highest BCUT2D eigenvalue weighted by Crippen LogP contribution is 2.22. The molecular formula is C19H23ClN2O4S. The molecular weight excluding hydrogens is 388 g/mol. The third-order valence-electron chi connectivity index (χ3n) is 3.84. The molecule has 0 aromatic heterocycles. The summed E-state index contributed by atoms with van der Waals surface area (Å²) in [6, 6.07) is 13.1. The lowest BCUT2D eigenvalue weighted by atomic mass is 10.1. The quantitative estimate of drug-likeness (QED) is 0.664. The summed E-state index contributed by atoms with van der Waals surface area (Å²) in [5.41, 5.74) is 0.808. The van der Waals surface area contributed by atoms with Crippen molar-refractivity contribution < 1.29 is 17.9 Å². The molecule has 2 N–H and O–H groups in total. The summed E-state index contributed by atoms with van der Waals surface area (Å²) in [7, 11) is -3.68. The van der Waals surface area contributed by atoms with Gasteiger partial charge >= 0.3 is 0 Å². The monoisotopic (exact) mass is 410 g/mol. The highest BCUT2D eigenvalue weighted by Gasteiger charge is 2.16. The highest BCUT2D eigenvalue weighted by atomic mass is 35.5. The van der Waals surface area contributed by atoms with Gasteiger partial charge in [0.15, 0.2) is 0 Å². The van der Waals surface area contributed by atoms with Crippen molar-refractivity contribution >= 4 is 27.5 Å². The topological polar surface area (TPSA) is 84.5 Å². The van der Waals surface area contributed by atoms with Gasteiger partial charge in [-0.15, -0.1) is 0 Å². The van der Waals surface area contributed by atoms with Crippen LogP contribution in [0, 0.1) is 0 Å². The molecule has 146 valence electrons. The minimum Gasteiger partial charge on any atom is -0.494 e. The molecule has 8 heteroatoms. The Balaban J connectivity index is 1.85. The van der Waals surface area contributed by atoms with Crippen LogP contribution < -0.4 is 14.8 Å². The van der Waals surface area contributed by atoms with Crippen LogP contribution in [0.25, 0.3) is 0 Å². The second kappa shape index (κ2) is 9.73. The van der Waals surface area contributed by atoms with Crippen molar-refractivity contribution in [1.82, 2.24) is 10.0 Å². The molecule has 2 aromatic rings. The fourth-order valence-electron chi connectivity index (χ4n) is 2.48. The van der Waals surface area contributed by atoms with E-state index in [1.165, 1.54) is 12.1 Å². The van der Waals surface area contributed by atoms with Crippen molar-refractivity contribution in [1.29, 1.82) is 0 Å². The summed E-state index contributed by atoms with van der Waals surface area (Å²) >= 11 is 6.11. The van der Waals surface area contributed by atoms with Crippen LogP contribution in [0.5, 0.6) is 5.75 Å². The number of nitrogens with one attached hydrogen (secondary N) is 2. The number of hydrogen-bond acceptors (Lipinski definition) is 4. The van der Waals surface area contributed by atoms with Gasteiger partial charge in [-0.3, -0.25) is 4.79 Å². The van der Waals surface area contributed by atoms with E-state index in [0.717, 1.165) is 5.56 Å². The van der Waals surface area contributed by atoms with Crippen LogP contribution >= 0.6 is 11.6 Å². The van der Waals surface area contributed by atoms with Crippen molar-refractivity contribution in [2.75, 3.05) is 13.2 Å². The van der Waals surface area contributed by atoms with Gasteiger partial charge in [0, 0.05) is 18.0 Å². The van der Waals surface area contributed by atoms with Crippen LogP contribution in [0.4, 0.5) is 0 Å². The van der Waals surface area contributed by atoms with Crippen LogP contribution in [-0.4, -0.2) is 27.5 Å². The predicted octanol–water partition coefficient (Wildman–Crippen LogP) is 3.28. The fourth-order valence-corrected chi connectivity index (χ4v) is 3.81. The number of benzene rings is 2. The average molecular weight is 411 g/mol. The van der Waals surface area contributed by atoms with Gasteiger partial charge in [-0.25, -0.2) is 13.1 Å².